The van der Waals surface area contributed by atoms with E-state index in [4.69, 9.17) is 0 Å². The number of allylic oxidation sites excluding steroid dienone is 8. The maximum absolute atomic E-state index is 3.26. The maximum atomic E-state index is 3.26. The summed E-state index contributed by atoms with van der Waals surface area (Å²) in [6, 6.07) is 21.3. The van der Waals surface area contributed by atoms with Gasteiger partial charge in [0, 0.05) is 0 Å². The van der Waals surface area contributed by atoms with Gasteiger partial charge in [-0.1, -0.05) is 84.9 Å². The Labute approximate surface area is 211 Å². The van der Waals surface area contributed by atoms with Gasteiger partial charge in [-0.05, 0) is 0 Å². The fourth-order valence-electron chi connectivity index (χ4n) is 2.48. The summed E-state index contributed by atoms with van der Waals surface area (Å²) in [4.78, 5) is 0. The van der Waals surface area contributed by atoms with Crippen LogP contribution in [0.15, 0.2) is 95.6 Å². The predicted molar refractivity (Wildman–Crippen MR) is 131 cm³/mol. The number of hydrogen-bond donors (Lipinski definition) is 0. The first-order chi connectivity index (χ1) is 12.7. The monoisotopic (exact) mass is 517 g/mol. The van der Waals surface area contributed by atoms with Crippen LogP contribution in [0.3, 0.4) is 0 Å². The van der Waals surface area contributed by atoms with Crippen molar-refractivity contribution >= 4 is 44.7 Å². The van der Waals surface area contributed by atoms with E-state index in [9.17, 15) is 0 Å². The number of hydrogen-bond acceptors (Lipinski definition) is 0. The molecule has 2 aliphatic carbocycles. The Hall–Kier alpha value is -0.920. The zero-order chi connectivity index (χ0) is 18.6. The van der Waals surface area contributed by atoms with Gasteiger partial charge in [0.15, 0.2) is 0 Å². The van der Waals surface area contributed by atoms with Crippen molar-refractivity contribution < 1.29 is 26.2 Å². The molecule has 0 spiro atoms. The van der Waals surface area contributed by atoms with Crippen molar-refractivity contribution in [1.29, 1.82) is 0 Å². The minimum atomic E-state index is 0. The normalized spacial score (nSPS) is 12.9. The van der Waals surface area contributed by atoms with E-state index in [1.54, 1.807) is 0 Å². The molecular weight excluding hydrogens is 490 g/mol. The summed E-state index contributed by atoms with van der Waals surface area (Å²) in [5.74, 6) is 0. The summed E-state index contributed by atoms with van der Waals surface area (Å²) in [5.41, 5.74) is 4.25. The van der Waals surface area contributed by atoms with Crippen LogP contribution in [0.25, 0.3) is 0 Å². The van der Waals surface area contributed by atoms with Gasteiger partial charge in [-0.15, -0.1) is 44.6 Å². The molecule has 0 fully saturated rings. The van der Waals surface area contributed by atoms with Gasteiger partial charge >= 0.3 is 26.2 Å². The van der Waals surface area contributed by atoms with Crippen molar-refractivity contribution in [3.05, 3.63) is 108 Å². The van der Waals surface area contributed by atoms with Crippen LogP contribution in [0.4, 0.5) is 0 Å². The summed E-state index contributed by atoms with van der Waals surface area (Å²) >= 11 is 0. The predicted octanol–water partition coefficient (Wildman–Crippen LogP) is 5.70. The van der Waals surface area contributed by atoms with Crippen LogP contribution in [0.5, 0.6) is 0 Å². The average molecular weight is 520 g/mol. The van der Waals surface area contributed by atoms with Crippen molar-refractivity contribution in [3.63, 3.8) is 0 Å². The second-order valence-electron chi connectivity index (χ2n) is 6.35. The van der Waals surface area contributed by atoms with Gasteiger partial charge in [0.2, 0.25) is 0 Å². The van der Waals surface area contributed by atoms with Crippen molar-refractivity contribution in [3.8, 4) is 0 Å². The largest absolute Gasteiger partial charge is 2.00 e. The smallest absolute Gasteiger partial charge is 0.273 e. The van der Waals surface area contributed by atoms with Gasteiger partial charge in [-0.3, -0.25) is 12.2 Å². The average Bonchev–Trinajstić information content (AvgIpc) is 3.35. The second kappa shape index (κ2) is 17.9. The summed E-state index contributed by atoms with van der Waals surface area (Å²) < 4.78 is 0. The molecule has 0 aliphatic heterocycles. The Morgan fingerprint density at radius 1 is 0.793 bits per heavy atom. The van der Waals surface area contributed by atoms with Crippen molar-refractivity contribution in [2.24, 2.45) is 0 Å². The van der Waals surface area contributed by atoms with Crippen LogP contribution in [-0.2, 0) is 26.2 Å². The Morgan fingerprint density at radius 2 is 1.31 bits per heavy atom. The third-order valence-electron chi connectivity index (χ3n) is 4.34. The number of rotatable bonds is 2. The SMILES string of the molecule is CC1=[C-]CC(C)=C1C.Cl.Cl.[C-]1=CC=CC1.[Zr+2].c1ccc([SiH]c2ccccc2)cc1. The first kappa shape index (κ1) is 30.3. The molecule has 0 N–H and O–H groups in total. The molecule has 2 aromatic carbocycles. The van der Waals surface area contributed by atoms with Gasteiger partial charge < -0.3 is 0 Å². The van der Waals surface area contributed by atoms with E-state index in [0.29, 0.717) is 0 Å². The van der Waals surface area contributed by atoms with Crippen molar-refractivity contribution in [2.45, 2.75) is 33.6 Å². The van der Waals surface area contributed by atoms with Crippen LogP contribution in [0.1, 0.15) is 33.6 Å². The number of benzene rings is 2. The molecule has 2 aliphatic rings. The molecule has 4 rings (SSSR count). The second-order valence-corrected chi connectivity index (χ2v) is 7.97. The molecule has 0 nitrogen and oxygen atoms in total. The molecule has 1 radical (unpaired) electrons. The van der Waals surface area contributed by atoms with E-state index in [-0.39, 0.29) is 60.5 Å². The molecule has 0 saturated heterocycles. The molecule has 0 saturated carbocycles. The first-order valence-electron chi connectivity index (χ1n) is 9.07. The van der Waals surface area contributed by atoms with Crippen LogP contribution in [0, 0.1) is 12.2 Å². The van der Waals surface area contributed by atoms with Gasteiger partial charge in [0.05, 0.1) is 0 Å². The van der Waals surface area contributed by atoms with Crippen molar-refractivity contribution in [1.82, 2.24) is 0 Å². The van der Waals surface area contributed by atoms with Crippen molar-refractivity contribution in [2.75, 3.05) is 0 Å². The third-order valence-corrected chi connectivity index (χ3v) is 5.78. The standard InChI is InChI=1S/C12H11Si.C8H11.C5H5.2ClH.Zr/c1-3-7-11(8-4-1)13-12-9-5-2-6-10-12;1-6-4-5-7(2)8(6)3;1-2-4-5-3-1;;;/h1-10,13H;4H2,1-3H3;1-3H,4H2;2*1H;/q;2*-1;;;+2. The summed E-state index contributed by atoms with van der Waals surface area (Å²) in [5, 5.41) is 2.90. The minimum absolute atomic E-state index is 0. The molecule has 0 heterocycles. The maximum Gasteiger partial charge on any atom is 2.00 e. The first-order valence-corrected chi connectivity index (χ1v) is 10.2. The summed E-state index contributed by atoms with van der Waals surface area (Å²) in [6.07, 6.45) is 14.3. The van der Waals surface area contributed by atoms with Crippen LogP contribution in [0.2, 0.25) is 0 Å². The Bertz CT molecular complexity index is 741. The Balaban J connectivity index is 0. The van der Waals surface area contributed by atoms with Gasteiger partial charge in [0.1, 0.15) is 9.52 Å². The van der Waals surface area contributed by atoms with E-state index < -0.39 is 0 Å². The Morgan fingerprint density at radius 3 is 1.55 bits per heavy atom. The van der Waals surface area contributed by atoms with Crippen LogP contribution >= 0.6 is 24.8 Å². The fourth-order valence-corrected chi connectivity index (χ4v) is 3.70. The Kier molecular flexibility index (Phi) is 18.7. The topological polar surface area (TPSA) is 0 Å². The fraction of sp³-hybridized carbons (Fsp3) is 0.200. The van der Waals surface area contributed by atoms with E-state index in [1.165, 1.54) is 27.1 Å². The third kappa shape index (κ3) is 12.4. The van der Waals surface area contributed by atoms with Crippen LogP contribution in [-0.4, -0.2) is 9.52 Å². The summed E-state index contributed by atoms with van der Waals surface area (Å²) in [6.45, 7) is 6.44. The summed E-state index contributed by atoms with van der Waals surface area (Å²) in [7, 11) is 0.271. The van der Waals surface area contributed by atoms with Gasteiger partial charge in [0.25, 0.3) is 0 Å². The zero-order valence-electron chi connectivity index (χ0n) is 17.3. The molecule has 4 heteroatoms. The minimum Gasteiger partial charge on any atom is -0.273 e. The molecule has 0 amide bonds. The molecule has 29 heavy (non-hydrogen) atoms. The molecule has 0 unspecified atom stereocenters. The molecule has 0 aromatic heterocycles. The van der Waals surface area contributed by atoms with Crippen LogP contribution < -0.4 is 10.4 Å². The quantitative estimate of drug-likeness (QED) is 0.353. The number of halogens is 2. The zero-order valence-corrected chi connectivity index (χ0v) is 22.6. The molecule has 151 valence electrons. The molecule has 0 bridgehead atoms. The molecular formula is C25H29Cl2SiZr. The van der Waals surface area contributed by atoms with E-state index >= 15 is 0 Å². The van der Waals surface area contributed by atoms with E-state index in [0.717, 1.165) is 12.8 Å². The van der Waals surface area contributed by atoms with E-state index in [2.05, 4.69) is 99.7 Å². The van der Waals surface area contributed by atoms with E-state index in [1.807, 2.05) is 12.2 Å². The molecule has 0 atom stereocenters. The van der Waals surface area contributed by atoms with Gasteiger partial charge in [-0.25, -0.2) is 17.7 Å². The molecule has 2 aromatic rings. The van der Waals surface area contributed by atoms with Gasteiger partial charge in [-0.2, -0.15) is 17.2 Å².